The first kappa shape index (κ1) is 15.6. The van der Waals surface area contributed by atoms with Gasteiger partial charge in [0.1, 0.15) is 6.04 Å². The van der Waals surface area contributed by atoms with E-state index in [9.17, 15) is 9.59 Å². The van der Waals surface area contributed by atoms with Crippen LogP contribution in [0.15, 0.2) is 18.2 Å². The molecule has 1 heterocycles. The molecule has 0 spiro atoms. The van der Waals surface area contributed by atoms with Gasteiger partial charge in [-0.2, -0.15) is 0 Å². The van der Waals surface area contributed by atoms with Crippen LogP contribution in [0.5, 0.6) is 0 Å². The Kier molecular flexibility index (Phi) is 4.73. The highest BCUT2D eigenvalue weighted by Crippen LogP contribution is 2.26. The minimum absolute atomic E-state index is 0.0454. The Morgan fingerprint density at radius 1 is 1.48 bits per heavy atom. The number of carbonyl (C=O) groups excluding carboxylic acids is 2. The Bertz CT molecular complexity index is 560. The molecule has 1 saturated heterocycles. The molecule has 3 amide bonds. The third-order valence-electron chi connectivity index (χ3n) is 3.58. The van der Waals surface area contributed by atoms with Gasteiger partial charge in [0.25, 0.3) is 0 Å². The zero-order valence-electron chi connectivity index (χ0n) is 12.4. The number of rotatable bonds is 2. The highest BCUT2D eigenvalue weighted by atomic mass is 35.5. The first-order chi connectivity index (χ1) is 9.91. The zero-order valence-corrected chi connectivity index (χ0v) is 13.2. The van der Waals surface area contributed by atoms with E-state index in [4.69, 9.17) is 11.6 Å². The molecular weight excluding hydrogens is 290 g/mol. The van der Waals surface area contributed by atoms with Crippen LogP contribution in [0.3, 0.4) is 0 Å². The van der Waals surface area contributed by atoms with E-state index in [0.29, 0.717) is 23.8 Å². The number of piperazine rings is 1. The summed E-state index contributed by atoms with van der Waals surface area (Å²) in [5.74, 6) is -0.0641. The van der Waals surface area contributed by atoms with E-state index in [1.165, 1.54) is 0 Å². The van der Waals surface area contributed by atoms with Crippen molar-refractivity contribution >= 4 is 29.2 Å². The molecule has 1 fully saturated rings. The van der Waals surface area contributed by atoms with Crippen molar-refractivity contribution in [3.63, 3.8) is 0 Å². The Labute approximate surface area is 129 Å². The third-order valence-corrected chi connectivity index (χ3v) is 4.08. The second kappa shape index (κ2) is 6.35. The van der Waals surface area contributed by atoms with Crippen molar-refractivity contribution in [1.29, 1.82) is 0 Å². The number of nitrogens with one attached hydrogen (secondary N) is 2. The van der Waals surface area contributed by atoms with Gasteiger partial charge in [0.15, 0.2) is 0 Å². The molecule has 5 nitrogen and oxygen atoms in total. The predicted molar refractivity (Wildman–Crippen MR) is 83.5 cm³/mol. The zero-order chi connectivity index (χ0) is 15.6. The second-order valence-electron chi connectivity index (χ2n) is 5.54. The largest absolute Gasteiger partial charge is 0.353 e. The normalized spacial score (nSPS) is 18.6. The van der Waals surface area contributed by atoms with Crippen molar-refractivity contribution in [3.05, 3.63) is 28.8 Å². The molecular formula is C15H20ClN3O2. The van der Waals surface area contributed by atoms with Crippen molar-refractivity contribution < 1.29 is 9.59 Å². The summed E-state index contributed by atoms with van der Waals surface area (Å²) in [5, 5.41) is 6.12. The number of aryl methyl sites for hydroxylation is 1. The van der Waals surface area contributed by atoms with Gasteiger partial charge in [0, 0.05) is 13.1 Å². The Morgan fingerprint density at radius 2 is 2.19 bits per heavy atom. The Morgan fingerprint density at radius 3 is 2.86 bits per heavy atom. The van der Waals surface area contributed by atoms with Crippen LogP contribution < -0.4 is 10.6 Å². The van der Waals surface area contributed by atoms with Gasteiger partial charge < -0.3 is 15.5 Å². The van der Waals surface area contributed by atoms with E-state index < -0.39 is 6.04 Å². The predicted octanol–water partition coefficient (Wildman–Crippen LogP) is 2.64. The van der Waals surface area contributed by atoms with Gasteiger partial charge in [0.05, 0.1) is 10.7 Å². The van der Waals surface area contributed by atoms with E-state index in [1.807, 2.05) is 32.9 Å². The summed E-state index contributed by atoms with van der Waals surface area (Å²) in [6.07, 6.45) is 0. The average Bonchev–Trinajstić information content (AvgIpc) is 2.43. The summed E-state index contributed by atoms with van der Waals surface area (Å²) in [6, 6.07) is 4.71. The molecule has 0 bridgehead atoms. The van der Waals surface area contributed by atoms with E-state index in [0.717, 1.165) is 5.56 Å². The van der Waals surface area contributed by atoms with E-state index in [-0.39, 0.29) is 17.9 Å². The van der Waals surface area contributed by atoms with E-state index in [2.05, 4.69) is 10.6 Å². The molecule has 114 valence electrons. The standard InChI is InChI=1S/C15H20ClN3O2/c1-9(2)13-14(20)17-7-8-19(13)15(21)18-11-6-4-5-10(3)12(11)16/h4-6,9,13H,7-8H2,1-3H3,(H,17,20)(H,18,21). The molecule has 0 radical (unpaired) electrons. The smallest absolute Gasteiger partial charge is 0.322 e. The van der Waals surface area contributed by atoms with Gasteiger partial charge in [-0.1, -0.05) is 37.6 Å². The number of carbonyl (C=O) groups is 2. The first-order valence-corrected chi connectivity index (χ1v) is 7.40. The Balaban J connectivity index is 2.18. The topological polar surface area (TPSA) is 61.4 Å². The van der Waals surface area contributed by atoms with E-state index in [1.54, 1.807) is 11.0 Å². The molecule has 6 heteroatoms. The number of urea groups is 1. The highest BCUT2D eigenvalue weighted by Gasteiger charge is 2.35. The molecule has 1 aromatic rings. The number of hydrogen-bond acceptors (Lipinski definition) is 2. The lowest BCUT2D eigenvalue weighted by molar-refractivity contribution is -0.129. The molecule has 0 saturated carbocycles. The minimum atomic E-state index is -0.456. The molecule has 1 unspecified atom stereocenters. The quantitative estimate of drug-likeness (QED) is 0.882. The van der Waals surface area contributed by atoms with Crippen LogP contribution in [-0.2, 0) is 4.79 Å². The maximum Gasteiger partial charge on any atom is 0.322 e. The van der Waals surface area contributed by atoms with Gasteiger partial charge >= 0.3 is 6.03 Å². The lowest BCUT2D eigenvalue weighted by atomic mass is 10.00. The maximum atomic E-state index is 12.5. The van der Waals surface area contributed by atoms with Crippen LogP contribution >= 0.6 is 11.6 Å². The number of hydrogen-bond donors (Lipinski definition) is 2. The molecule has 2 N–H and O–H groups in total. The number of amides is 3. The minimum Gasteiger partial charge on any atom is -0.353 e. The van der Waals surface area contributed by atoms with Gasteiger partial charge in [-0.15, -0.1) is 0 Å². The number of anilines is 1. The van der Waals surface area contributed by atoms with Crippen LogP contribution in [0, 0.1) is 12.8 Å². The monoisotopic (exact) mass is 309 g/mol. The molecule has 1 atom stereocenters. The summed E-state index contributed by atoms with van der Waals surface area (Å²) < 4.78 is 0. The van der Waals surface area contributed by atoms with Gasteiger partial charge in [-0.3, -0.25) is 4.79 Å². The van der Waals surface area contributed by atoms with Crippen molar-refractivity contribution in [2.45, 2.75) is 26.8 Å². The molecule has 1 aliphatic rings. The summed E-state index contributed by atoms with van der Waals surface area (Å²) in [5.41, 5.74) is 1.46. The SMILES string of the molecule is Cc1cccc(NC(=O)N2CCNC(=O)C2C(C)C)c1Cl. The summed E-state index contributed by atoms with van der Waals surface area (Å²) >= 11 is 6.19. The van der Waals surface area contributed by atoms with Gasteiger partial charge in [0.2, 0.25) is 5.91 Å². The second-order valence-corrected chi connectivity index (χ2v) is 5.92. The van der Waals surface area contributed by atoms with Crippen LogP contribution in [0.1, 0.15) is 19.4 Å². The summed E-state index contributed by atoms with van der Waals surface area (Å²) in [7, 11) is 0. The number of nitrogens with zero attached hydrogens (tertiary/aromatic N) is 1. The third kappa shape index (κ3) is 3.29. The van der Waals surface area contributed by atoms with Gasteiger partial charge in [-0.25, -0.2) is 4.79 Å². The van der Waals surface area contributed by atoms with Crippen LogP contribution in [0.4, 0.5) is 10.5 Å². The van der Waals surface area contributed by atoms with Crippen molar-refractivity contribution in [3.8, 4) is 0 Å². The van der Waals surface area contributed by atoms with Gasteiger partial charge in [-0.05, 0) is 24.5 Å². The lowest BCUT2D eigenvalue weighted by Crippen LogP contribution is -2.60. The fraction of sp³-hybridized carbons (Fsp3) is 0.467. The summed E-state index contributed by atoms with van der Waals surface area (Å²) in [4.78, 5) is 26.0. The highest BCUT2D eigenvalue weighted by molar-refractivity contribution is 6.34. The fourth-order valence-corrected chi connectivity index (χ4v) is 2.68. The average molecular weight is 310 g/mol. The van der Waals surface area contributed by atoms with Crippen LogP contribution in [0.25, 0.3) is 0 Å². The van der Waals surface area contributed by atoms with Crippen molar-refractivity contribution in [2.24, 2.45) is 5.92 Å². The number of halogens is 1. The number of benzene rings is 1. The molecule has 0 aliphatic carbocycles. The van der Waals surface area contributed by atoms with Crippen LogP contribution in [-0.4, -0.2) is 36.0 Å². The van der Waals surface area contributed by atoms with Crippen LogP contribution in [0.2, 0.25) is 5.02 Å². The fourth-order valence-electron chi connectivity index (χ4n) is 2.51. The molecule has 0 aromatic heterocycles. The van der Waals surface area contributed by atoms with Crippen molar-refractivity contribution in [2.75, 3.05) is 18.4 Å². The first-order valence-electron chi connectivity index (χ1n) is 7.02. The molecule has 2 rings (SSSR count). The lowest BCUT2D eigenvalue weighted by Gasteiger charge is -2.37. The molecule has 1 aliphatic heterocycles. The molecule has 21 heavy (non-hydrogen) atoms. The van der Waals surface area contributed by atoms with Crippen molar-refractivity contribution in [1.82, 2.24) is 10.2 Å². The Hall–Kier alpha value is -1.75. The van der Waals surface area contributed by atoms with E-state index >= 15 is 0 Å². The summed E-state index contributed by atoms with van der Waals surface area (Å²) in [6.45, 7) is 6.69. The maximum absolute atomic E-state index is 12.5. The molecule has 1 aromatic carbocycles.